The van der Waals surface area contributed by atoms with Crippen LogP contribution in [0.25, 0.3) is 0 Å². The largest absolute Gasteiger partial charge is 0.354 e. The Bertz CT molecular complexity index is 1080. The molecular formula is C29H33FN2O2S. The minimum absolute atomic E-state index is 0.0358. The van der Waals surface area contributed by atoms with Crippen molar-refractivity contribution in [3.8, 4) is 0 Å². The number of carbonyl (C=O) groups excluding carboxylic acids is 2. The lowest BCUT2D eigenvalue weighted by Crippen LogP contribution is -2.51. The number of amides is 2. The highest BCUT2D eigenvalue weighted by Gasteiger charge is 2.30. The zero-order valence-corrected chi connectivity index (χ0v) is 21.1. The van der Waals surface area contributed by atoms with Crippen LogP contribution in [0.3, 0.4) is 0 Å². The van der Waals surface area contributed by atoms with Gasteiger partial charge in [-0.1, -0.05) is 80.6 Å². The van der Waals surface area contributed by atoms with Gasteiger partial charge in [-0.25, -0.2) is 4.39 Å². The maximum atomic E-state index is 14.6. The second kappa shape index (κ2) is 13.7. The first kappa shape index (κ1) is 26.5. The van der Waals surface area contributed by atoms with Crippen LogP contribution in [0.4, 0.5) is 4.39 Å². The molecule has 2 amide bonds. The van der Waals surface area contributed by atoms with Crippen molar-refractivity contribution >= 4 is 23.6 Å². The molecule has 3 aromatic carbocycles. The number of benzene rings is 3. The van der Waals surface area contributed by atoms with Crippen LogP contribution in [-0.4, -0.2) is 35.1 Å². The second-order valence-electron chi connectivity index (χ2n) is 8.87. The van der Waals surface area contributed by atoms with Crippen LogP contribution in [0.2, 0.25) is 0 Å². The number of halogens is 1. The van der Waals surface area contributed by atoms with Gasteiger partial charge in [0.25, 0.3) is 0 Å². The maximum Gasteiger partial charge on any atom is 0.243 e. The van der Waals surface area contributed by atoms with E-state index in [0.717, 1.165) is 10.5 Å². The molecule has 0 bridgehead atoms. The molecule has 1 unspecified atom stereocenters. The van der Waals surface area contributed by atoms with Crippen molar-refractivity contribution in [2.75, 3.05) is 12.3 Å². The van der Waals surface area contributed by atoms with Crippen LogP contribution in [0.15, 0.2) is 89.8 Å². The number of nitrogens with one attached hydrogen (secondary N) is 1. The Morgan fingerprint density at radius 3 is 2.20 bits per heavy atom. The SMILES string of the molecule is CC(C)CNC(=O)C(Cc1ccccc1)N(Cc1ccccc1F)C(=O)CCSc1ccccc1. The first-order valence-corrected chi connectivity index (χ1v) is 12.9. The highest BCUT2D eigenvalue weighted by Crippen LogP contribution is 2.21. The summed E-state index contributed by atoms with van der Waals surface area (Å²) in [5.41, 5.74) is 1.34. The fraction of sp³-hybridized carbons (Fsp3) is 0.310. The van der Waals surface area contributed by atoms with Crippen molar-refractivity contribution in [3.63, 3.8) is 0 Å². The van der Waals surface area contributed by atoms with Crippen LogP contribution in [-0.2, 0) is 22.6 Å². The van der Waals surface area contributed by atoms with E-state index in [9.17, 15) is 14.0 Å². The zero-order chi connectivity index (χ0) is 25.0. The van der Waals surface area contributed by atoms with Gasteiger partial charge >= 0.3 is 0 Å². The quantitative estimate of drug-likeness (QED) is 0.329. The molecule has 4 nitrogen and oxygen atoms in total. The molecule has 0 aliphatic rings. The molecule has 0 aliphatic carbocycles. The summed E-state index contributed by atoms with van der Waals surface area (Å²) in [7, 11) is 0. The Morgan fingerprint density at radius 2 is 1.54 bits per heavy atom. The van der Waals surface area contributed by atoms with Gasteiger partial charge in [-0.15, -0.1) is 11.8 Å². The van der Waals surface area contributed by atoms with E-state index in [1.54, 1.807) is 34.9 Å². The van der Waals surface area contributed by atoms with Gasteiger partial charge < -0.3 is 10.2 Å². The van der Waals surface area contributed by atoms with Gasteiger partial charge in [-0.2, -0.15) is 0 Å². The summed E-state index contributed by atoms with van der Waals surface area (Å²) in [4.78, 5) is 29.5. The van der Waals surface area contributed by atoms with Crippen molar-refractivity contribution in [1.82, 2.24) is 10.2 Å². The maximum absolute atomic E-state index is 14.6. The lowest BCUT2D eigenvalue weighted by molar-refractivity contribution is -0.141. The molecule has 184 valence electrons. The molecule has 1 N–H and O–H groups in total. The molecule has 0 aromatic heterocycles. The van der Waals surface area contributed by atoms with Crippen molar-refractivity contribution in [3.05, 3.63) is 102 Å². The van der Waals surface area contributed by atoms with E-state index >= 15 is 0 Å². The third kappa shape index (κ3) is 8.55. The van der Waals surface area contributed by atoms with Gasteiger partial charge in [0.2, 0.25) is 11.8 Å². The molecule has 0 fully saturated rings. The molecule has 6 heteroatoms. The second-order valence-corrected chi connectivity index (χ2v) is 10.0. The summed E-state index contributed by atoms with van der Waals surface area (Å²) in [6.45, 7) is 4.59. The molecule has 0 saturated carbocycles. The Morgan fingerprint density at radius 1 is 0.914 bits per heavy atom. The third-order valence-corrected chi connectivity index (χ3v) is 6.60. The lowest BCUT2D eigenvalue weighted by atomic mass is 10.0. The molecule has 35 heavy (non-hydrogen) atoms. The fourth-order valence-corrected chi connectivity index (χ4v) is 4.57. The first-order valence-electron chi connectivity index (χ1n) is 12.0. The number of carbonyl (C=O) groups is 2. The van der Waals surface area contributed by atoms with Gasteiger partial charge in [0, 0.05) is 42.1 Å². The minimum Gasteiger partial charge on any atom is -0.354 e. The van der Waals surface area contributed by atoms with Gasteiger partial charge in [-0.3, -0.25) is 9.59 Å². The predicted molar refractivity (Wildman–Crippen MR) is 141 cm³/mol. The Labute approximate surface area is 211 Å². The van der Waals surface area contributed by atoms with Crippen LogP contribution in [0, 0.1) is 11.7 Å². The number of thioether (sulfide) groups is 1. The smallest absolute Gasteiger partial charge is 0.243 e. The lowest BCUT2D eigenvalue weighted by Gasteiger charge is -2.32. The number of rotatable bonds is 12. The summed E-state index contributed by atoms with van der Waals surface area (Å²) < 4.78 is 14.6. The predicted octanol–water partition coefficient (Wildman–Crippen LogP) is 5.72. The summed E-state index contributed by atoms with van der Waals surface area (Å²) in [6.07, 6.45) is 0.605. The monoisotopic (exact) mass is 492 g/mol. The summed E-state index contributed by atoms with van der Waals surface area (Å²) in [5.74, 6) is 0.0713. The van der Waals surface area contributed by atoms with E-state index in [1.807, 2.05) is 74.5 Å². The van der Waals surface area contributed by atoms with E-state index in [1.165, 1.54) is 6.07 Å². The van der Waals surface area contributed by atoms with Crippen LogP contribution in [0.5, 0.6) is 0 Å². The summed E-state index contributed by atoms with van der Waals surface area (Å²) in [5, 5.41) is 2.99. The van der Waals surface area contributed by atoms with E-state index < -0.39 is 6.04 Å². The molecule has 0 radical (unpaired) electrons. The normalized spacial score (nSPS) is 11.8. The number of hydrogen-bond acceptors (Lipinski definition) is 3. The summed E-state index contributed by atoms with van der Waals surface area (Å²) in [6, 6.07) is 25.2. The molecular weight excluding hydrogens is 459 g/mol. The Balaban J connectivity index is 1.85. The van der Waals surface area contributed by atoms with Crippen LogP contribution < -0.4 is 5.32 Å². The third-order valence-electron chi connectivity index (χ3n) is 5.58. The van der Waals surface area contributed by atoms with E-state index in [0.29, 0.717) is 24.3 Å². The molecule has 1 atom stereocenters. The van der Waals surface area contributed by atoms with Crippen molar-refractivity contribution in [2.45, 2.75) is 44.2 Å². The minimum atomic E-state index is -0.745. The van der Waals surface area contributed by atoms with Gasteiger partial charge in [0.05, 0.1) is 0 Å². The van der Waals surface area contributed by atoms with Gasteiger partial charge in [0.1, 0.15) is 11.9 Å². The van der Waals surface area contributed by atoms with E-state index in [-0.39, 0.29) is 36.5 Å². The average molecular weight is 493 g/mol. The Kier molecular flexibility index (Phi) is 10.4. The standard InChI is InChI=1S/C29H33FN2O2S/c1-22(2)20-31-29(34)27(19-23-11-5-3-6-12-23)32(21-24-13-9-10-16-26(24)30)28(33)17-18-35-25-14-7-4-8-15-25/h3-16,22,27H,17-21H2,1-2H3,(H,31,34). The molecule has 0 aliphatic heterocycles. The van der Waals surface area contributed by atoms with E-state index in [4.69, 9.17) is 0 Å². The molecule has 0 heterocycles. The molecule has 3 aromatic rings. The Hall–Kier alpha value is -3.12. The van der Waals surface area contributed by atoms with Crippen molar-refractivity contribution in [1.29, 1.82) is 0 Å². The number of nitrogens with zero attached hydrogens (tertiary/aromatic N) is 1. The van der Waals surface area contributed by atoms with Gasteiger partial charge in [0.15, 0.2) is 0 Å². The fourth-order valence-electron chi connectivity index (χ4n) is 3.70. The van der Waals surface area contributed by atoms with E-state index in [2.05, 4.69) is 5.32 Å². The average Bonchev–Trinajstić information content (AvgIpc) is 2.87. The van der Waals surface area contributed by atoms with Gasteiger partial charge in [-0.05, 0) is 29.7 Å². The zero-order valence-electron chi connectivity index (χ0n) is 20.3. The topological polar surface area (TPSA) is 49.4 Å². The van der Waals surface area contributed by atoms with Crippen molar-refractivity contribution < 1.29 is 14.0 Å². The highest BCUT2D eigenvalue weighted by molar-refractivity contribution is 7.99. The molecule has 0 spiro atoms. The summed E-state index contributed by atoms with van der Waals surface area (Å²) >= 11 is 1.59. The first-order chi connectivity index (χ1) is 16.9. The van der Waals surface area contributed by atoms with Crippen LogP contribution in [0.1, 0.15) is 31.4 Å². The molecule has 3 rings (SSSR count). The highest BCUT2D eigenvalue weighted by atomic mass is 32.2. The van der Waals surface area contributed by atoms with Crippen LogP contribution >= 0.6 is 11.8 Å². The molecule has 0 saturated heterocycles. The number of hydrogen-bond donors (Lipinski definition) is 1. The van der Waals surface area contributed by atoms with Crippen molar-refractivity contribution in [2.24, 2.45) is 5.92 Å².